The van der Waals surface area contributed by atoms with E-state index in [-0.39, 0.29) is 10.8 Å². The van der Waals surface area contributed by atoms with Gasteiger partial charge in [-0.3, -0.25) is 0 Å². The smallest absolute Gasteiger partial charge is 0.0542 e. The molecular formula is C49H44N2. The highest BCUT2D eigenvalue weighted by Crippen LogP contribution is 2.55. The zero-order valence-electron chi connectivity index (χ0n) is 30.2. The van der Waals surface area contributed by atoms with Crippen LogP contribution < -0.4 is 4.90 Å². The van der Waals surface area contributed by atoms with Crippen molar-refractivity contribution >= 4 is 38.6 Å². The largest absolute Gasteiger partial charge is 0.315 e. The molecule has 2 heteroatoms. The Bertz CT molecular complexity index is 2530. The summed E-state index contributed by atoms with van der Waals surface area (Å²) in [5.74, 6) is 0.375. The van der Waals surface area contributed by atoms with Crippen LogP contribution in [-0.4, -0.2) is 4.57 Å². The second kappa shape index (κ2) is 11.5. The summed E-state index contributed by atoms with van der Waals surface area (Å²) >= 11 is 0. The molecule has 0 spiro atoms. The van der Waals surface area contributed by atoms with Gasteiger partial charge in [0.25, 0.3) is 0 Å². The molecule has 0 bridgehead atoms. The topological polar surface area (TPSA) is 8.17 Å². The van der Waals surface area contributed by atoms with E-state index in [1.165, 1.54) is 72.2 Å². The molecule has 5 aromatic carbocycles. The van der Waals surface area contributed by atoms with E-state index in [0.29, 0.717) is 5.92 Å². The molecule has 1 heterocycles. The average Bonchev–Trinajstić information content (AvgIpc) is 3.68. The quantitative estimate of drug-likeness (QED) is 0.179. The number of fused-ring (bicyclic) bond motifs is 7. The third-order valence-corrected chi connectivity index (χ3v) is 12.0. The van der Waals surface area contributed by atoms with Crippen molar-refractivity contribution in [3.63, 3.8) is 0 Å². The van der Waals surface area contributed by atoms with Crippen molar-refractivity contribution in [2.24, 2.45) is 5.92 Å². The van der Waals surface area contributed by atoms with Crippen LogP contribution in [0.15, 0.2) is 169 Å². The van der Waals surface area contributed by atoms with Crippen molar-refractivity contribution in [2.45, 2.75) is 51.9 Å². The Kier molecular flexibility index (Phi) is 7.06. The summed E-state index contributed by atoms with van der Waals surface area (Å²) in [6.45, 7) is 16.6. The normalized spacial score (nSPS) is 19.9. The highest BCUT2D eigenvalue weighted by atomic mass is 15.2. The first-order valence-corrected chi connectivity index (χ1v) is 18.3. The van der Waals surface area contributed by atoms with E-state index >= 15 is 0 Å². The fraction of sp³-hybridized carbons (Fsp3) is 0.184. The standard InChI is InChI=1S/C49H44N2/c1-7-36-37-19-11-14-22-42(37)48(3,4)44(36)29-32(2)50(35-25-27-39-38-20-12-15-23-43(38)49(5,6)45(39)31-35)34-26-28-47-41(30-34)40-21-13-16-24-46(40)51(47)33-17-9-8-10-18-33/h7-30,45H,2,31H2,1,3-6H3/b36-7-,44-29+. The second-order valence-corrected chi connectivity index (χ2v) is 15.5. The molecule has 250 valence electrons. The maximum absolute atomic E-state index is 4.88. The number of hydrogen-bond donors (Lipinski definition) is 0. The van der Waals surface area contributed by atoms with Gasteiger partial charge in [0.05, 0.1) is 11.0 Å². The van der Waals surface area contributed by atoms with Crippen LogP contribution in [0.25, 0.3) is 38.6 Å². The average molecular weight is 661 g/mol. The van der Waals surface area contributed by atoms with E-state index < -0.39 is 0 Å². The van der Waals surface area contributed by atoms with Crippen LogP contribution in [-0.2, 0) is 10.8 Å². The molecular weight excluding hydrogens is 617 g/mol. The molecule has 3 aliphatic carbocycles. The van der Waals surface area contributed by atoms with Crippen LogP contribution in [0.1, 0.15) is 63.3 Å². The summed E-state index contributed by atoms with van der Waals surface area (Å²) in [7, 11) is 0. The first-order chi connectivity index (χ1) is 24.7. The maximum Gasteiger partial charge on any atom is 0.0542 e. The fourth-order valence-corrected chi connectivity index (χ4v) is 9.42. The summed E-state index contributed by atoms with van der Waals surface area (Å²) in [4.78, 5) is 2.44. The molecule has 0 amide bonds. The van der Waals surface area contributed by atoms with Gasteiger partial charge < -0.3 is 9.47 Å². The summed E-state index contributed by atoms with van der Waals surface area (Å²) < 4.78 is 2.39. The lowest BCUT2D eigenvalue weighted by Crippen LogP contribution is -2.30. The lowest BCUT2D eigenvalue weighted by atomic mass is 9.73. The summed E-state index contributed by atoms with van der Waals surface area (Å²) in [6, 6.07) is 44.3. The Morgan fingerprint density at radius 1 is 0.725 bits per heavy atom. The van der Waals surface area contributed by atoms with E-state index in [1.807, 2.05) is 0 Å². The number of anilines is 1. The SMILES string of the molecule is C=C(/C=C1\C(=C/C)c2ccccc2C1(C)C)N(C1=CC=C2c3ccccc3C(C)(C)C2C1)c1ccc2c(c1)c1ccccc1n2-c1ccccc1. The number of allylic oxidation sites excluding steroid dienone is 8. The summed E-state index contributed by atoms with van der Waals surface area (Å²) in [5.41, 5.74) is 16.4. The molecule has 0 aliphatic heterocycles. The van der Waals surface area contributed by atoms with E-state index in [1.54, 1.807) is 0 Å². The number of para-hydroxylation sites is 2. The lowest BCUT2D eigenvalue weighted by Gasteiger charge is -2.37. The van der Waals surface area contributed by atoms with Gasteiger partial charge in [0, 0.05) is 39.0 Å². The fourth-order valence-electron chi connectivity index (χ4n) is 9.42. The van der Waals surface area contributed by atoms with Crippen LogP contribution in [0.2, 0.25) is 0 Å². The van der Waals surface area contributed by atoms with Crippen LogP contribution in [0.5, 0.6) is 0 Å². The van der Waals surface area contributed by atoms with Crippen LogP contribution in [0.3, 0.4) is 0 Å². The third-order valence-electron chi connectivity index (χ3n) is 12.0. The van der Waals surface area contributed by atoms with Gasteiger partial charge >= 0.3 is 0 Å². The number of rotatable bonds is 5. The van der Waals surface area contributed by atoms with E-state index in [4.69, 9.17) is 6.58 Å². The minimum absolute atomic E-state index is 0.0215. The van der Waals surface area contributed by atoms with E-state index in [9.17, 15) is 0 Å². The second-order valence-electron chi connectivity index (χ2n) is 15.5. The Hall–Kier alpha value is -5.60. The molecule has 3 aliphatic rings. The Labute approximate surface area is 302 Å². The van der Waals surface area contributed by atoms with E-state index in [2.05, 4.69) is 190 Å². The first kappa shape index (κ1) is 31.4. The molecule has 1 unspecified atom stereocenters. The predicted molar refractivity (Wildman–Crippen MR) is 217 cm³/mol. The van der Waals surface area contributed by atoms with Gasteiger partial charge in [-0.1, -0.05) is 131 Å². The third kappa shape index (κ3) is 4.62. The van der Waals surface area contributed by atoms with Crippen LogP contribution in [0.4, 0.5) is 5.69 Å². The molecule has 6 aromatic rings. The van der Waals surface area contributed by atoms with Gasteiger partial charge in [-0.15, -0.1) is 0 Å². The molecule has 2 nitrogen and oxygen atoms in total. The number of aromatic nitrogens is 1. The highest BCUT2D eigenvalue weighted by Gasteiger charge is 2.44. The van der Waals surface area contributed by atoms with Gasteiger partial charge in [0.1, 0.15) is 0 Å². The molecule has 0 saturated carbocycles. The van der Waals surface area contributed by atoms with Crippen LogP contribution >= 0.6 is 0 Å². The zero-order chi connectivity index (χ0) is 35.1. The molecule has 9 rings (SSSR count). The van der Waals surface area contributed by atoms with E-state index in [0.717, 1.165) is 17.8 Å². The van der Waals surface area contributed by atoms with Gasteiger partial charge in [-0.05, 0) is 112 Å². The Balaban J connectivity index is 1.23. The van der Waals surface area contributed by atoms with Crippen molar-refractivity contribution in [3.8, 4) is 5.69 Å². The van der Waals surface area contributed by atoms with Crippen molar-refractivity contribution in [1.29, 1.82) is 0 Å². The van der Waals surface area contributed by atoms with Crippen molar-refractivity contribution in [3.05, 3.63) is 191 Å². The minimum Gasteiger partial charge on any atom is -0.315 e. The molecule has 0 N–H and O–H groups in total. The Morgan fingerprint density at radius 3 is 2.18 bits per heavy atom. The maximum atomic E-state index is 4.88. The predicted octanol–water partition coefficient (Wildman–Crippen LogP) is 12.7. The van der Waals surface area contributed by atoms with Crippen molar-refractivity contribution in [2.75, 3.05) is 4.90 Å². The number of benzene rings is 5. The summed E-state index contributed by atoms with van der Waals surface area (Å²) in [6.07, 6.45) is 10.3. The van der Waals surface area contributed by atoms with Crippen molar-refractivity contribution < 1.29 is 0 Å². The summed E-state index contributed by atoms with van der Waals surface area (Å²) in [5, 5.41) is 2.49. The van der Waals surface area contributed by atoms with Crippen molar-refractivity contribution in [1.82, 2.24) is 4.57 Å². The lowest BCUT2D eigenvalue weighted by molar-refractivity contribution is 0.406. The Morgan fingerprint density at radius 2 is 1.39 bits per heavy atom. The molecule has 1 aromatic heterocycles. The van der Waals surface area contributed by atoms with Gasteiger partial charge in [0.2, 0.25) is 0 Å². The number of nitrogens with zero attached hydrogens (tertiary/aromatic N) is 2. The molecule has 1 atom stereocenters. The van der Waals surface area contributed by atoms with Crippen LogP contribution in [0, 0.1) is 5.92 Å². The van der Waals surface area contributed by atoms with Gasteiger partial charge in [-0.2, -0.15) is 0 Å². The van der Waals surface area contributed by atoms with Gasteiger partial charge in [-0.25, -0.2) is 0 Å². The highest BCUT2D eigenvalue weighted by molar-refractivity contribution is 6.10. The number of hydrogen-bond acceptors (Lipinski definition) is 1. The first-order valence-electron chi connectivity index (χ1n) is 18.3. The van der Waals surface area contributed by atoms with Gasteiger partial charge in [0.15, 0.2) is 0 Å². The molecule has 0 fully saturated rings. The molecule has 0 radical (unpaired) electrons. The molecule has 0 saturated heterocycles. The zero-order valence-corrected chi connectivity index (χ0v) is 30.2. The molecule has 51 heavy (non-hydrogen) atoms. The monoisotopic (exact) mass is 660 g/mol. The minimum atomic E-state index is -0.150.